The van der Waals surface area contributed by atoms with E-state index in [4.69, 9.17) is 19.1 Å². The summed E-state index contributed by atoms with van der Waals surface area (Å²) < 4.78 is 32.5. The Kier molecular flexibility index (Phi) is 35.7. The zero-order valence-electron chi connectivity index (χ0n) is 32.3. The quantitative estimate of drug-likeness (QED) is 0.0241. The van der Waals surface area contributed by atoms with E-state index in [0.29, 0.717) is 6.42 Å². The van der Waals surface area contributed by atoms with Crippen LogP contribution in [0.1, 0.15) is 181 Å². The fourth-order valence-electron chi connectivity index (χ4n) is 5.44. The summed E-state index contributed by atoms with van der Waals surface area (Å²) in [5.41, 5.74) is 0. The first-order chi connectivity index (χ1) is 24.7. The molecule has 10 nitrogen and oxygen atoms in total. The normalized spacial score (nSPS) is 14.2. The maximum atomic E-state index is 12.5. The topological polar surface area (TPSA) is 149 Å². The summed E-state index contributed by atoms with van der Waals surface area (Å²) in [5.74, 6) is -1.03. The van der Waals surface area contributed by atoms with Crippen molar-refractivity contribution in [2.24, 2.45) is 0 Å². The second kappa shape index (κ2) is 36.8. The molecule has 3 unspecified atom stereocenters. The first kappa shape index (κ1) is 49.5. The van der Waals surface area contributed by atoms with Gasteiger partial charge in [0.1, 0.15) is 12.7 Å². The highest BCUT2D eigenvalue weighted by Crippen LogP contribution is 2.43. The molecule has 0 amide bonds. The first-order valence-corrected chi connectivity index (χ1v) is 21.8. The highest BCUT2D eigenvalue weighted by Gasteiger charge is 2.27. The van der Waals surface area contributed by atoms with Gasteiger partial charge in [0.05, 0.1) is 26.2 Å². The summed E-state index contributed by atoms with van der Waals surface area (Å²) in [6.07, 6.45) is 34.5. The molecule has 0 rings (SSSR count). The molecule has 0 heterocycles. The summed E-state index contributed by atoms with van der Waals surface area (Å²) in [4.78, 5) is 34.8. The van der Waals surface area contributed by atoms with E-state index in [0.717, 1.165) is 51.4 Å². The maximum absolute atomic E-state index is 12.5. The number of allylic oxidation sites excluding steroid dienone is 3. The Hall–Kier alpha value is -1.55. The van der Waals surface area contributed by atoms with E-state index in [1.807, 2.05) is 6.08 Å². The predicted molar refractivity (Wildman–Crippen MR) is 205 cm³/mol. The molecule has 0 fully saturated rings. The lowest BCUT2D eigenvalue weighted by atomic mass is 10.1. The summed E-state index contributed by atoms with van der Waals surface area (Å²) in [6, 6.07) is 0. The van der Waals surface area contributed by atoms with Crippen molar-refractivity contribution < 1.29 is 47.8 Å². The van der Waals surface area contributed by atoms with Gasteiger partial charge in [-0.15, -0.1) is 0 Å². The Morgan fingerprint density at radius 3 is 1.51 bits per heavy atom. The van der Waals surface area contributed by atoms with Crippen LogP contribution in [0.25, 0.3) is 0 Å². The van der Waals surface area contributed by atoms with Crippen LogP contribution < -0.4 is 0 Å². The second-order valence-electron chi connectivity index (χ2n) is 13.7. The number of unbranched alkanes of at least 4 members (excludes halogenated alkanes) is 21. The number of ether oxygens (including phenoxy) is 2. The minimum Gasteiger partial charge on any atom is -0.462 e. The number of carbonyl (C=O) groups excluding carboxylic acids is 2. The molecule has 0 saturated heterocycles. The van der Waals surface area contributed by atoms with E-state index in [-0.39, 0.29) is 19.4 Å². The van der Waals surface area contributed by atoms with Crippen LogP contribution in [0.3, 0.4) is 0 Å². The van der Waals surface area contributed by atoms with Crippen LogP contribution in [0.4, 0.5) is 0 Å². The molecular weight excluding hydrogens is 671 g/mol. The van der Waals surface area contributed by atoms with Crippen molar-refractivity contribution in [2.75, 3.05) is 26.4 Å². The van der Waals surface area contributed by atoms with Gasteiger partial charge >= 0.3 is 19.8 Å². The molecule has 0 saturated carbocycles. The van der Waals surface area contributed by atoms with E-state index in [9.17, 15) is 24.2 Å². The van der Waals surface area contributed by atoms with Gasteiger partial charge in [0.15, 0.2) is 6.10 Å². The van der Waals surface area contributed by atoms with E-state index >= 15 is 0 Å². The van der Waals surface area contributed by atoms with Gasteiger partial charge in [-0.1, -0.05) is 147 Å². The maximum Gasteiger partial charge on any atom is 0.472 e. The Balaban J connectivity index is 4.38. The first-order valence-electron chi connectivity index (χ1n) is 20.3. The average Bonchev–Trinajstić information content (AvgIpc) is 3.12. The summed E-state index contributed by atoms with van der Waals surface area (Å²) in [7, 11) is -4.62. The van der Waals surface area contributed by atoms with Gasteiger partial charge in [0.25, 0.3) is 0 Å². The van der Waals surface area contributed by atoms with E-state index < -0.39 is 51.8 Å². The minimum absolute atomic E-state index is 0.00704. The smallest absolute Gasteiger partial charge is 0.462 e. The molecule has 11 heteroatoms. The van der Waals surface area contributed by atoms with Crippen LogP contribution in [0, 0.1) is 0 Å². The molecule has 3 N–H and O–H groups in total. The van der Waals surface area contributed by atoms with Crippen LogP contribution in [-0.4, -0.2) is 65.7 Å². The van der Waals surface area contributed by atoms with E-state index in [1.54, 1.807) is 6.08 Å². The molecule has 0 radical (unpaired) electrons. The number of aliphatic hydroxyl groups excluding tert-OH is 2. The Morgan fingerprint density at radius 1 is 0.588 bits per heavy atom. The van der Waals surface area contributed by atoms with Gasteiger partial charge in [0.2, 0.25) is 0 Å². The second-order valence-corrected chi connectivity index (χ2v) is 15.1. The molecule has 51 heavy (non-hydrogen) atoms. The molecule has 0 aromatic carbocycles. The van der Waals surface area contributed by atoms with E-state index in [2.05, 4.69) is 30.5 Å². The Bertz CT molecular complexity index is 910. The predicted octanol–water partition coefficient (Wildman–Crippen LogP) is 10.2. The Labute approximate surface area is 310 Å². The molecule has 0 bridgehead atoms. The van der Waals surface area contributed by atoms with Crippen molar-refractivity contribution in [1.29, 1.82) is 0 Å². The third-order valence-electron chi connectivity index (χ3n) is 8.61. The molecule has 0 aliphatic rings. The molecule has 3 atom stereocenters. The molecule has 0 aromatic heterocycles. The lowest BCUT2D eigenvalue weighted by Crippen LogP contribution is -2.29. The van der Waals surface area contributed by atoms with Crippen LogP contribution in [0.15, 0.2) is 24.3 Å². The summed E-state index contributed by atoms with van der Waals surface area (Å²) in [5, 5.41) is 18.3. The van der Waals surface area contributed by atoms with Crippen molar-refractivity contribution in [2.45, 2.75) is 193 Å². The third kappa shape index (κ3) is 36.6. The monoisotopic (exact) mass is 747 g/mol. The molecular formula is C40H75O10P. The molecule has 0 aromatic rings. The van der Waals surface area contributed by atoms with Crippen molar-refractivity contribution in [3.05, 3.63) is 24.3 Å². The van der Waals surface area contributed by atoms with E-state index in [1.165, 1.54) is 96.3 Å². The number of phosphoric acid groups is 1. The number of esters is 2. The zero-order valence-corrected chi connectivity index (χ0v) is 33.2. The van der Waals surface area contributed by atoms with Crippen LogP contribution >= 0.6 is 7.82 Å². The summed E-state index contributed by atoms with van der Waals surface area (Å²) in [6.45, 7) is 2.30. The average molecular weight is 747 g/mol. The van der Waals surface area contributed by atoms with Gasteiger partial charge < -0.3 is 24.6 Å². The third-order valence-corrected chi connectivity index (χ3v) is 9.56. The van der Waals surface area contributed by atoms with Crippen molar-refractivity contribution in [3.8, 4) is 0 Å². The number of hydrogen-bond acceptors (Lipinski definition) is 9. The fraction of sp³-hybridized carbons (Fsp3) is 0.850. The lowest BCUT2D eigenvalue weighted by Gasteiger charge is -2.20. The minimum atomic E-state index is -4.62. The highest BCUT2D eigenvalue weighted by molar-refractivity contribution is 7.47. The Morgan fingerprint density at radius 2 is 1.02 bits per heavy atom. The molecule has 0 aliphatic heterocycles. The van der Waals surface area contributed by atoms with Crippen LogP contribution in [0.5, 0.6) is 0 Å². The van der Waals surface area contributed by atoms with Gasteiger partial charge in [-0.05, 0) is 44.9 Å². The SMILES string of the molecule is CCCCCCCCC=CCCCCCCCC(=O)OCC(COP(=O)(O)OCC(O)CO)OC(=O)CC=CCCCCCCCCCCCC. The molecule has 0 aliphatic carbocycles. The van der Waals surface area contributed by atoms with Gasteiger partial charge in [-0.2, -0.15) is 0 Å². The number of rotatable bonds is 38. The van der Waals surface area contributed by atoms with Crippen molar-refractivity contribution in [3.63, 3.8) is 0 Å². The van der Waals surface area contributed by atoms with Gasteiger partial charge in [-0.25, -0.2) is 4.57 Å². The number of phosphoric ester groups is 1. The molecule has 0 spiro atoms. The van der Waals surface area contributed by atoms with Crippen molar-refractivity contribution in [1.82, 2.24) is 0 Å². The largest absolute Gasteiger partial charge is 0.472 e. The fourth-order valence-corrected chi connectivity index (χ4v) is 6.23. The molecule has 300 valence electrons. The number of carbonyl (C=O) groups is 2. The van der Waals surface area contributed by atoms with Crippen LogP contribution in [-0.2, 0) is 32.7 Å². The van der Waals surface area contributed by atoms with Crippen LogP contribution in [0.2, 0.25) is 0 Å². The zero-order chi connectivity index (χ0) is 37.7. The lowest BCUT2D eigenvalue weighted by molar-refractivity contribution is -0.160. The number of hydrogen-bond donors (Lipinski definition) is 3. The standard InChI is InChI=1S/C40H75O10P/c1-3-5-7-9-11-13-15-17-18-20-21-23-25-27-29-31-39(43)47-35-38(36-49-51(45,46)48-34-37(42)33-41)50-40(44)32-30-28-26-24-22-19-16-14-12-10-8-6-4-2/h17-18,28,30,37-38,41-42H,3-16,19-27,29,31-36H2,1-2H3,(H,45,46). The highest BCUT2D eigenvalue weighted by atomic mass is 31.2. The summed E-state index contributed by atoms with van der Waals surface area (Å²) >= 11 is 0. The number of aliphatic hydroxyl groups is 2. The van der Waals surface area contributed by atoms with Gasteiger partial charge in [0, 0.05) is 6.42 Å². The van der Waals surface area contributed by atoms with Crippen molar-refractivity contribution >= 4 is 19.8 Å². The van der Waals surface area contributed by atoms with Gasteiger partial charge in [-0.3, -0.25) is 18.6 Å².